The highest BCUT2D eigenvalue weighted by Crippen LogP contribution is 2.40. The van der Waals surface area contributed by atoms with Crippen LogP contribution in [0.4, 0.5) is 5.69 Å². The molecule has 36 heavy (non-hydrogen) atoms. The smallest absolute Gasteiger partial charge is 0.272 e. The van der Waals surface area contributed by atoms with Crippen molar-refractivity contribution in [3.8, 4) is 0 Å². The van der Waals surface area contributed by atoms with Gasteiger partial charge in [-0.1, -0.05) is 61.4 Å². The number of amides is 2. The fourth-order valence-corrected chi connectivity index (χ4v) is 4.89. The van der Waals surface area contributed by atoms with Gasteiger partial charge in [0.25, 0.3) is 5.91 Å². The zero-order chi connectivity index (χ0) is 25.1. The van der Waals surface area contributed by atoms with E-state index >= 15 is 0 Å². The summed E-state index contributed by atoms with van der Waals surface area (Å²) >= 11 is 0. The number of hydrogen-bond donors (Lipinski definition) is 2. The molecule has 2 unspecified atom stereocenters. The Balaban J connectivity index is 1.32. The van der Waals surface area contributed by atoms with Gasteiger partial charge in [-0.25, -0.2) is 4.99 Å². The maximum Gasteiger partial charge on any atom is 0.272 e. The van der Waals surface area contributed by atoms with Gasteiger partial charge in [0.05, 0.1) is 30.2 Å². The van der Waals surface area contributed by atoms with Crippen molar-refractivity contribution < 1.29 is 19.1 Å². The van der Waals surface area contributed by atoms with Crippen molar-refractivity contribution in [1.82, 2.24) is 5.32 Å². The van der Waals surface area contributed by atoms with Gasteiger partial charge in [0, 0.05) is 24.1 Å². The normalized spacial score (nSPS) is 19.2. The van der Waals surface area contributed by atoms with Crippen molar-refractivity contribution in [3.63, 3.8) is 0 Å². The number of benzene rings is 2. The molecule has 0 saturated heterocycles. The number of furan rings is 1. The van der Waals surface area contributed by atoms with E-state index in [9.17, 15) is 14.7 Å². The third-order valence-corrected chi connectivity index (χ3v) is 6.93. The molecule has 1 aliphatic carbocycles. The Labute approximate surface area is 210 Å². The van der Waals surface area contributed by atoms with Crippen LogP contribution < -0.4 is 10.2 Å². The van der Waals surface area contributed by atoms with E-state index < -0.39 is 18.2 Å². The number of carbonyl (C=O) groups is 2. The number of carbonyl (C=O) groups excluding carboxylic acids is 2. The molecule has 2 N–H and O–H groups in total. The number of benzodiazepines with no additional fused rings is 1. The number of fused-ring (bicyclic) bond motifs is 1. The highest BCUT2D eigenvalue weighted by Gasteiger charge is 2.32. The summed E-state index contributed by atoms with van der Waals surface area (Å²) < 4.78 is 5.60. The van der Waals surface area contributed by atoms with E-state index in [-0.39, 0.29) is 18.2 Å². The van der Waals surface area contributed by atoms with Crippen molar-refractivity contribution in [2.75, 3.05) is 11.9 Å². The maximum atomic E-state index is 13.3. The van der Waals surface area contributed by atoms with E-state index in [4.69, 9.17) is 9.41 Å². The van der Waals surface area contributed by atoms with Crippen LogP contribution in [0, 0.1) is 5.92 Å². The van der Waals surface area contributed by atoms with E-state index in [1.807, 2.05) is 66.7 Å². The Morgan fingerprint density at radius 3 is 2.58 bits per heavy atom. The van der Waals surface area contributed by atoms with Gasteiger partial charge in [0.15, 0.2) is 0 Å². The molecule has 1 fully saturated rings. The molecule has 186 valence electrons. The van der Waals surface area contributed by atoms with Gasteiger partial charge < -0.3 is 19.7 Å². The Morgan fingerprint density at radius 1 is 1.11 bits per heavy atom. The molecule has 3 atom stereocenters. The molecule has 2 heterocycles. The molecule has 3 aromatic rings. The molecule has 2 amide bonds. The summed E-state index contributed by atoms with van der Waals surface area (Å²) in [5, 5.41) is 13.5. The number of hydrogen-bond acceptors (Lipinski definition) is 5. The molecule has 0 bridgehead atoms. The second-order valence-corrected chi connectivity index (χ2v) is 9.71. The third-order valence-electron chi connectivity index (χ3n) is 6.93. The van der Waals surface area contributed by atoms with Crippen molar-refractivity contribution in [1.29, 1.82) is 0 Å². The van der Waals surface area contributed by atoms with Crippen molar-refractivity contribution in [2.24, 2.45) is 10.9 Å². The van der Waals surface area contributed by atoms with Gasteiger partial charge in [-0.2, -0.15) is 0 Å². The predicted octanol–water partition coefficient (Wildman–Crippen LogP) is 4.26. The van der Waals surface area contributed by atoms with Crippen LogP contribution in [-0.4, -0.2) is 41.9 Å². The minimum Gasteiger partial charge on any atom is -0.469 e. The first-order valence-electron chi connectivity index (χ1n) is 12.5. The summed E-state index contributed by atoms with van der Waals surface area (Å²) in [5.74, 6) is 0.821. The molecule has 0 radical (unpaired) electrons. The molecule has 0 spiro atoms. The molecule has 7 heteroatoms. The molecule has 1 saturated carbocycles. The Bertz CT molecular complexity index is 1230. The topological polar surface area (TPSA) is 95.1 Å². The summed E-state index contributed by atoms with van der Waals surface area (Å²) in [6.45, 7) is 0. The third kappa shape index (κ3) is 5.41. The number of nitrogens with zero attached hydrogens (tertiary/aromatic N) is 2. The van der Waals surface area contributed by atoms with E-state index in [0.29, 0.717) is 18.1 Å². The molecule has 1 aromatic heterocycles. The van der Waals surface area contributed by atoms with Gasteiger partial charge in [0.1, 0.15) is 5.76 Å². The number of aliphatic hydroxyl groups excluding tert-OH is 1. The first kappa shape index (κ1) is 24.0. The maximum absolute atomic E-state index is 13.3. The quantitative estimate of drug-likeness (QED) is 0.473. The average Bonchev–Trinajstić information content (AvgIpc) is 3.55. The summed E-state index contributed by atoms with van der Waals surface area (Å²) in [5.41, 5.74) is 3.03. The largest absolute Gasteiger partial charge is 0.469 e. The first-order chi connectivity index (χ1) is 17.5. The van der Waals surface area contributed by atoms with Crippen molar-refractivity contribution in [3.05, 3.63) is 89.9 Å². The lowest BCUT2D eigenvalue weighted by Crippen LogP contribution is -2.46. The van der Waals surface area contributed by atoms with Gasteiger partial charge in [0.2, 0.25) is 12.1 Å². The Kier molecular flexibility index (Phi) is 7.00. The Morgan fingerprint density at radius 2 is 1.86 bits per heavy atom. The van der Waals surface area contributed by atoms with Crippen LogP contribution >= 0.6 is 0 Å². The number of para-hydroxylation sites is 1. The van der Waals surface area contributed by atoms with Gasteiger partial charge in [-0.3, -0.25) is 9.59 Å². The molecular weight excluding hydrogens is 454 g/mol. The van der Waals surface area contributed by atoms with Gasteiger partial charge >= 0.3 is 0 Å². The molecule has 2 aliphatic rings. The minimum atomic E-state index is -1.09. The van der Waals surface area contributed by atoms with Crippen LogP contribution in [0.15, 0.2) is 82.4 Å². The number of likely N-dealkylation sites (N-methyl/N-ethyl adjacent to an activating group) is 1. The van der Waals surface area contributed by atoms with E-state index in [1.54, 1.807) is 13.3 Å². The lowest BCUT2D eigenvalue weighted by molar-refractivity contribution is -0.128. The molecule has 7 nitrogen and oxygen atoms in total. The highest BCUT2D eigenvalue weighted by molar-refractivity contribution is 6.20. The van der Waals surface area contributed by atoms with Gasteiger partial charge in [-0.05, 0) is 37.0 Å². The van der Waals surface area contributed by atoms with Crippen LogP contribution in [0.25, 0.3) is 0 Å². The molecule has 1 aliphatic heterocycles. The summed E-state index contributed by atoms with van der Waals surface area (Å²) in [4.78, 5) is 32.5. The number of aliphatic hydroxyl groups is 1. The number of anilines is 1. The molecule has 5 rings (SSSR count). The van der Waals surface area contributed by atoms with Crippen LogP contribution in [0.2, 0.25) is 0 Å². The second kappa shape index (κ2) is 10.5. The fraction of sp³-hybridized carbons (Fsp3) is 0.345. The summed E-state index contributed by atoms with van der Waals surface area (Å²) in [7, 11) is 1.68. The first-order valence-corrected chi connectivity index (χ1v) is 12.5. The van der Waals surface area contributed by atoms with Crippen LogP contribution in [0.1, 0.15) is 54.9 Å². The lowest BCUT2D eigenvalue weighted by Gasteiger charge is -2.22. The molecule has 2 aromatic carbocycles. The van der Waals surface area contributed by atoms with Crippen molar-refractivity contribution in [2.45, 2.75) is 50.3 Å². The van der Waals surface area contributed by atoms with Crippen molar-refractivity contribution >= 4 is 23.2 Å². The SMILES string of the molecule is CN1C(=O)[C@@H](NC(=O)CC(O)CC(CC2CC2)c2ccco2)N=C(c2ccccc2)c2ccccc21. The lowest BCUT2D eigenvalue weighted by atomic mass is 9.92. The van der Waals surface area contributed by atoms with Crippen LogP contribution in [0.3, 0.4) is 0 Å². The zero-order valence-corrected chi connectivity index (χ0v) is 20.3. The number of nitrogens with one attached hydrogen (secondary N) is 1. The monoisotopic (exact) mass is 485 g/mol. The van der Waals surface area contributed by atoms with Gasteiger partial charge in [-0.15, -0.1) is 0 Å². The fourth-order valence-electron chi connectivity index (χ4n) is 4.89. The van der Waals surface area contributed by atoms with Crippen LogP contribution in [0.5, 0.6) is 0 Å². The van der Waals surface area contributed by atoms with Crippen LogP contribution in [-0.2, 0) is 9.59 Å². The van der Waals surface area contributed by atoms with E-state index in [2.05, 4.69) is 5.32 Å². The second-order valence-electron chi connectivity index (χ2n) is 9.71. The Hall–Kier alpha value is -3.71. The van der Waals surface area contributed by atoms with E-state index in [0.717, 1.165) is 29.0 Å². The minimum absolute atomic E-state index is 0.0677. The standard InChI is InChI=1S/C29H31N3O4/c1-32-24-11-6-5-10-23(24)27(20-8-3-2-4-9-20)31-28(29(32)35)30-26(34)18-22(33)17-21(16-19-13-14-19)25-12-7-15-36-25/h2-12,15,19,21-22,28,33H,13-14,16-18H2,1H3,(H,30,34)/t21?,22?,28-/m0/s1. The summed E-state index contributed by atoms with van der Waals surface area (Å²) in [6.07, 6.45) is 3.36. The number of aliphatic imine (C=N–C) groups is 1. The summed E-state index contributed by atoms with van der Waals surface area (Å²) in [6, 6.07) is 21.0. The highest BCUT2D eigenvalue weighted by atomic mass is 16.3. The van der Waals surface area contributed by atoms with E-state index in [1.165, 1.54) is 17.7 Å². The zero-order valence-electron chi connectivity index (χ0n) is 20.3. The average molecular weight is 486 g/mol. The molecular formula is C29H31N3O4. The predicted molar refractivity (Wildman–Crippen MR) is 138 cm³/mol. The number of rotatable bonds is 9.